The minimum Gasteiger partial charge on any atom is -0.271 e. The van der Waals surface area contributed by atoms with Gasteiger partial charge in [-0.1, -0.05) is 24.3 Å². The minimum absolute atomic E-state index is 0.108. The molecule has 0 spiro atoms. The molecule has 2 atom stereocenters. The van der Waals surface area contributed by atoms with Crippen LogP contribution in [0.5, 0.6) is 0 Å². The maximum atomic E-state index is 14.5. The predicted molar refractivity (Wildman–Crippen MR) is 81.1 cm³/mol. The van der Waals surface area contributed by atoms with Crippen LogP contribution in [0.3, 0.4) is 0 Å². The van der Waals surface area contributed by atoms with Crippen LogP contribution in [0.4, 0.5) is 4.39 Å². The van der Waals surface area contributed by atoms with Crippen molar-refractivity contribution in [1.82, 2.24) is 10.4 Å². The van der Waals surface area contributed by atoms with Crippen LogP contribution < -0.4 is 11.3 Å². The molecular formula is C17H20FN3. The lowest BCUT2D eigenvalue weighted by Gasteiger charge is -2.31. The SMILES string of the molecule is Cc1cccc(C(NN)C2CCCc3cccnc32)c1F. The third-order valence-electron chi connectivity index (χ3n) is 4.38. The number of aryl methyl sites for hydroxylation is 2. The molecule has 0 fully saturated rings. The number of hydrogen-bond donors (Lipinski definition) is 2. The molecule has 0 aliphatic heterocycles. The van der Waals surface area contributed by atoms with E-state index < -0.39 is 0 Å². The van der Waals surface area contributed by atoms with Gasteiger partial charge in [0.1, 0.15) is 5.82 Å². The fourth-order valence-corrected chi connectivity index (χ4v) is 3.30. The molecule has 1 aromatic carbocycles. The Morgan fingerprint density at radius 3 is 3.00 bits per heavy atom. The van der Waals surface area contributed by atoms with Gasteiger partial charge >= 0.3 is 0 Å². The summed E-state index contributed by atoms with van der Waals surface area (Å²) in [5.74, 6) is 5.70. The first kappa shape index (κ1) is 14.2. The Labute approximate surface area is 124 Å². The number of aromatic nitrogens is 1. The van der Waals surface area contributed by atoms with E-state index in [0.29, 0.717) is 11.1 Å². The van der Waals surface area contributed by atoms with Crippen molar-refractivity contribution < 1.29 is 4.39 Å². The van der Waals surface area contributed by atoms with Crippen molar-refractivity contribution in [2.24, 2.45) is 5.84 Å². The Bertz CT molecular complexity index is 642. The van der Waals surface area contributed by atoms with Crippen molar-refractivity contribution in [2.75, 3.05) is 0 Å². The van der Waals surface area contributed by atoms with Crippen molar-refractivity contribution in [3.8, 4) is 0 Å². The average molecular weight is 285 g/mol. The fraction of sp³-hybridized carbons (Fsp3) is 0.353. The highest BCUT2D eigenvalue weighted by molar-refractivity contribution is 5.34. The molecule has 0 bridgehead atoms. The van der Waals surface area contributed by atoms with Crippen LogP contribution in [0.15, 0.2) is 36.5 Å². The minimum atomic E-state index is -0.251. The second-order valence-corrected chi connectivity index (χ2v) is 5.67. The number of benzene rings is 1. The molecule has 1 aliphatic rings. The number of hydrazine groups is 1. The summed E-state index contributed by atoms with van der Waals surface area (Å²) in [4.78, 5) is 4.53. The molecule has 0 saturated heterocycles. The molecule has 3 rings (SSSR count). The first-order valence-electron chi connectivity index (χ1n) is 7.37. The van der Waals surface area contributed by atoms with E-state index in [1.165, 1.54) is 5.56 Å². The van der Waals surface area contributed by atoms with E-state index >= 15 is 0 Å². The Balaban J connectivity index is 2.04. The van der Waals surface area contributed by atoms with E-state index in [1.807, 2.05) is 18.2 Å². The van der Waals surface area contributed by atoms with Crippen LogP contribution in [0.2, 0.25) is 0 Å². The quantitative estimate of drug-likeness (QED) is 0.673. The number of nitrogens with two attached hydrogens (primary N) is 1. The molecule has 3 N–H and O–H groups in total. The lowest BCUT2D eigenvalue weighted by Crippen LogP contribution is -2.35. The Kier molecular flexibility index (Phi) is 3.99. The molecule has 21 heavy (non-hydrogen) atoms. The van der Waals surface area contributed by atoms with Crippen molar-refractivity contribution in [2.45, 2.75) is 38.1 Å². The first-order chi connectivity index (χ1) is 10.2. The molecular weight excluding hydrogens is 265 g/mol. The van der Waals surface area contributed by atoms with Crippen LogP contribution >= 0.6 is 0 Å². The predicted octanol–water partition coefficient (Wildman–Crippen LogP) is 3.15. The largest absolute Gasteiger partial charge is 0.271 e. The number of nitrogens with one attached hydrogen (secondary N) is 1. The maximum Gasteiger partial charge on any atom is 0.130 e. The number of fused-ring (bicyclic) bond motifs is 1. The lowest BCUT2D eigenvalue weighted by atomic mass is 9.79. The van der Waals surface area contributed by atoms with Gasteiger partial charge in [-0.3, -0.25) is 16.3 Å². The topological polar surface area (TPSA) is 50.9 Å². The molecule has 1 aromatic heterocycles. The first-order valence-corrected chi connectivity index (χ1v) is 7.37. The molecule has 1 heterocycles. The van der Waals surface area contributed by atoms with E-state index in [9.17, 15) is 4.39 Å². The Morgan fingerprint density at radius 2 is 2.19 bits per heavy atom. The molecule has 2 aromatic rings. The van der Waals surface area contributed by atoms with Gasteiger partial charge in [-0.15, -0.1) is 0 Å². The van der Waals surface area contributed by atoms with Gasteiger partial charge in [0.05, 0.1) is 6.04 Å². The van der Waals surface area contributed by atoms with Crippen molar-refractivity contribution in [3.63, 3.8) is 0 Å². The van der Waals surface area contributed by atoms with E-state index in [2.05, 4.69) is 16.5 Å². The van der Waals surface area contributed by atoms with Crippen molar-refractivity contribution in [3.05, 3.63) is 64.7 Å². The summed E-state index contributed by atoms with van der Waals surface area (Å²) in [6.45, 7) is 1.78. The van der Waals surface area contributed by atoms with Gasteiger partial charge in [0, 0.05) is 23.4 Å². The second kappa shape index (κ2) is 5.92. The van der Waals surface area contributed by atoms with Gasteiger partial charge in [0.2, 0.25) is 0 Å². The van der Waals surface area contributed by atoms with E-state index in [1.54, 1.807) is 19.2 Å². The average Bonchev–Trinajstić information content (AvgIpc) is 2.52. The van der Waals surface area contributed by atoms with Crippen molar-refractivity contribution in [1.29, 1.82) is 0 Å². The van der Waals surface area contributed by atoms with E-state index in [4.69, 9.17) is 5.84 Å². The molecule has 3 nitrogen and oxygen atoms in total. The Morgan fingerprint density at radius 1 is 1.33 bits per heavy atom. The zero-order valence-electron chi connectivity index (χ0n) is 12.1. The van der Waals surface area contributed by atoms with Gasteiger partial charge in [-0.05, 0) is 43.4 Å². The van der Waals surface area contributed by atoms with Gasteiger partial charge in [0.25, 0.3) is 0 Å². The number of hydrogen-bond acceptors (Lipinski definition) is 3. The maximum absolute atomic E-state index is 14.5. The summed E-state index contributed by atoms with van der Waals surface area (Å²) in [6.07, 6.45) is 4.88. The number of rotatable bonds is 3. The fourth-order valence-electron chi connectivity index (χ4n) is 3.30. The van der Waals surface area contributed by atoms with Crippen LogP contribution in [0, 0.1) is 12.7 Å². The monoisotopic (exact) mass is 285 g/mol. The van der Waals surface area contributed by atoms with E-state index in [0.717, 1.165) is 25.0 Å². The van der Waals surface area contributed by atoms with Crippen molar-refractivity contribution >= 4 is 0 Å². The lowest BCUT2D eigenvalue weighted by molar-refractivity contribution is 0.387. The molecule has 1 aliphatic carbocycles. The zero-order chi connectivity index (χ0) is 14.8. The number of halogens is 1. The van der Waals surface area contributed by atoms with Crippen LogP contribution in [-0.4, -0.2) is 4.98 Å². The second-order valence-electron chi connectivity index (χ2n) is 5.67. The summed E-state index contributed by atoms with van der Waals surface area (Å²) >= 11 is 0. The summed E-state index contributed by atoms with van der Waals surface area (Å²) < 4.78 is 14.5. The molecule has 2 unspecified atom stereocenters. The normalized spacial score (nSPS) is 19.1. The number of nitrogens with zero attached hydrogens (tertiary/aromatic N) is 1. The third kappa shape index (κ3) is 2.57. The third-order valence-corrected chi connectivity index (χ3v) is 4.38. The molecule has 0 amide bonds. The molecule has 4 heteroatoms. The zero-order valence-corrected chi connectivity index (χ0v) is 12.1. The molecule has 110 valence electrons. The molecule has 0 saturated carbocycles. The van der Waals surface area contributed by atoms with Gasteiger partial charge < -0.3 is 0 Å². The highest BCUT2D eigenvalue weighted by Crippen LogP contribution is 2.39. The van der Waals surface area contributed by atoms with E-state index in [-0.39, 0.29) is 17.8 Å². The van der Waals surface area contributed by atoms with Crippen LogP contribution in [0.25, 0.3) is 0 Å². The highest BCUT2D eigenvalue weighted by atomic mass is 19.1. The van der Waals surface area contributed by atoms with Gasteiger partial charge in [-0.25, -0.2) is 4.39 Å². The van der Waals surface area contributed by atoms with Crippen LogP contribution in [-0.2, 0) is 6.42 Å². The smallest absolute Gasteiger partial charge is 0.130 e. The van der Waals surface area contributed by atoms with Gasteiger partial charge in [-0.2, -0.15) is 0 Å². The molecule has 0 radical (unpaired) electrons. The summed E-state index contributed by atoms with van der Waals surface area (Å²) in [5, 5.41) is 0. The van der Waals surface area contributed by atoms with Crippen LogP contribution in [0.1, 0.15) is 47.2 Å². The standard InChI is InChI=1S/C17H20FN3/c1-11-5-2-8-13(15(11)18)17(21-19)14-9-3-6-12-7-4-10-20-16(12)14/h2,4-5,7-8,10,14,17,21H,3,6,9,19H2,1H3. The summed E-state index contributed by atoms with van der Waals surface area (Å²) in [7, 11) is 0. The summed E-state index contributed by atoms with van der Waals surface area (Å²) in [5.41, 5.74) is 6.39. The number of pyridine rings is 1. The van der Waals surface area contributed by atoms with Gasteiger partial charge in [0.15, 0.2) is 0 Å². The Hall–Kier alpha value is -1.78. The summed E-state index contributed by atoms with van der Waals surface area (Å²) in [6, 6.07) is 9.27. The highest BCUT2D eigenvalue weighted by Gasteiger charge is 2.31.